The number of hydrogen-bond donors (Lipinski definition) is 1. The number of ether oxygens (including phenoxy) is 2. The maximum Gasteiger partial charge on any atom is 0.338 e. The molecule has 1 amide bonds. The summed E-state index contributed by atoms with van der Waals surface area (Å²) < 4.78 is 11.1. The van der Waals surface area contributed by atoms with Crippen LogP contribution < -0.4 is 5.32 Å². The lowest BCUT2D eigenvalue weighted by Crippen LogP contribution is -2.31. The van der Waals surface area contributed by atoms with Crippen molar-refractivity contribution in [2.24, 2.45) is 0 Å². The fourth-order valence-corrected chi connectivity index (χ4v) is 2.55. The quantitative estimate of drug-likeness (QED) is 0.714. The molecule has 2 aromatic rings. The Balaban J connectivity index is 1.85. The van der Waals surface area contributed by atoms with Crippen LogP contribution in [0.1, 0.15) is 34.5 Å². The van der Waals surface area contributed by atoms with Gasteiger partial charge in [-0.1, -0.05) is 40.2 Å². The average Bonchev–Trinajstić information content (AvgIpc) is 2.60. The second kappa shape index (κ2) is 9.34. The van der Waals surface area contributed by atoms with Gasteiger partial charge in [-0.2, -0.15) is 0 Å². The number of methoxy groups -OCH3 is 1. The lowest BCUT2D eigenvalue weighted by molar-refractivity contribution is -0.124. The van der Waals surface area contributed by atoms with Crippen molar-refractivity contribution in [1.82, 2.24) is 5.32 Å². The van der Waals surface area contributed by atoms with Gasteiger partial charge < -0.3 is 14.8 Å². The third-order valence-corrected chi connectivity index (χ3v) is 4.08. The number of esters is 1. The summed E-state index contributed by atoms with van der Waals surface area (Å²) in [6.45, 7) is 1.96. The van der Waals surface area contributed by atoms with E-state index < -0.39 is 5.97 Å². The Morgan fingerprint density at radius 2 is 1.88 bits per heavy atom. The largest absolute Gasteiger partial charge is 0.452 e. The minimum Gasteiger partial charge on any atom is -0.452 e. The molecular weight excluding hydrogens is 386 g/mol. The summed E-state index contributed by atoms with van der Waals surface area (Å²) in [4.78, 5) is 24.0. The van der Waals surface area contributed by atoms with Gasteiger partial charge >= 0.3 is 5.97 Å². The van der Waals surface area contributed by atoms with Crippen molar-refractivity contribution < 1.29 is 19.1 Å². The average molecular weight is 406 g/mol. The van der Waals surface area contributed by atoms with Crippen LogP contribution in [0.2, 0.25) is 0 Å². The predicted molar refractivity (Wildman–Crippen MR) is 98.1 cm³/mol. The normalized spacial score (nSPS) is 11.6. The molecule has 0 saturated heterocycles. The van der Waals surface area contributed by atoms with Gasteiger partial charge in [0.25, 0.3) is 5.91 Å². The standard InChI is InChI=1S/C19H20BrNO4/c1-13(15-6-8-17(20)9-7-15)21-18(22)12-25-19(23)16-5-3-4-14(10-16)11-24-2/h3-10,13H,11-12H2,1-2H3,(H,21,22)/t13-/m0/s1. The van der Waals surface area contributed by atoms with Gasteiger partial charge in [-0.05, 0) is 42.3 Å². The molecule has 0 spiro atoms. The van der Waals surface area contributed by atoms with Crippen molar-refractivity contribution >= 4 is 27.8 Å². The molecule has 0 saturated carbocycles. The van der Waals surface area contributed by atoms with Crippen molar-refractivity contribution in [3.8, 4) is 0 Å². The molecule has 1 N–H and O–H groups in total. The molecule has 0 unspecified atom stereocenters. The molecular formula is C19H20BrNO4. The molecule has 0 heterocycles. The van der Waals surface area contributed by atoms with Crippen molar-refractivity contribution in [3.63, 3.8) is 0 Å². The van der Waals surface area contributed by atoms with E-state index in [2.05, 4.69) is 21.2 Å². The maximum atomic E-state index is 12.1. The number of amides is 1. The molecule has 0 fully saturated rings. The minimum absolute atomic E-state index is 0.177. The second-order valence-electron chi connectivity index (χ2n) is 5.55. The number of benzene rings is 2. The van der Waals surface area contributed by atoms with Crippen LogP contribution in [0.3, 0.4) is 0 Å². The highest BCUT2D eigenvalue weighted by Crippen LogP contribution is 2.16. The highest BCUT2D eigenvalue weighted by atomic mass is 79.9. The highest BCUT2D eigenvalue weighted by Gasteiger charge is 2.13. The van der Waals surface area contributed by atoms with Crippen LogP contribution in [-0.4, -0.2) is 25.6 Å². The molecule has 0 aliphatic carbocycles. The van der Waals surface area contributed by atoms with Gasteiger partial charge in [0, 0.05) is 11.6 Å². The van der Waals surface area contributed by atoms with E-state index in [1.807, 2.05) is 37.3 Å². The van der Waals surface area contributed by atoms with Crippen molar-refractivity contribution in [1.29, 1.82) is 0 Å². The summed E-state index contributed by atoms with van der Waals surface area (Å²) in [5.41, 5.74) is 2.23. The fraction of sp³-hybridized carbons (Fsp3) is 0.263. The van der Waals surface area contributed by atoms with Gasteiger partial charge in [-0.15, -0.1) is 0 Å². The summed E-state index contributed by atoms with van der Waals surface area (Å²) in [5, 5.41) is 2.80. The van der Waals surface area contributed by atoms with E-state index in [4.69, 9.17) is 9.47 Å². The predicted octanol–water partition coefficient (Wildman–Crippen LogP) is 3.63. The van der Waals surface area contributed by atoms with E-state index in [0.29, 0.717) is 12.2 Å². The molecule has 0 aliphatic heterocycles. The van der Waals surface area contributed by atoms with Gasteiger partial charge in [-0.25, -0.2) is 4.79 Å². The van der Waals surface area contributed by atoms with Crippen LogP contribution in [0.5, 0.6) is 0 Å². The molecule has 6 heteroatoms. The SMILES string of the molecule is COCc1cccc(C(=O)OCC(=O)N[C@@H](C)c2ccc(Br)cc2)c1. The molecule has 0 radical (unpaired) electrons. The zero-order valence-corrected chi connectivity index (χ0v) is 15.7. The maximum absolute atomic E-state index is 12.1. The van der Waals surface area contributed by atoms with Gasteiger partial charge in [0.1, 0.15) is 0 Å². The Labute approximate surface area is 155 Å². The van der Waals surface area contributed by atoms with E-state index in [1.54, 1.807) is 25.3 Å². The first-order valence-corrected chi connectivity index (χ1v) is 8.58. The summed E-state index contributed by atoms with van der Waals surface area (Å²) in [5.74, 6) is -0.888. The molecule has 25 heavy (non-hydrogen) atoms. The minimum atomic E-state index is -0.538. The fourth-order valence-electron chi connectivity index (χ4n) is 2.29. The molecule has 2 rings (SSSR count). The molecule has 0 aromatic heterocycles. The van der Waals surface area contributed by atoms with Crippen LogP contribution >= 0.6 is 15.9 Å². The van der Waals surface area contributed by atoms with Gasteiger partial charge in [0.15, 0.2) is 6.61 Å². The van der Waals surface area contributed by atoms with Crippen molar-refractivity contribution in [2.45, 2.75) is 19.6 Å². The topological polar surface area (TPSA) is 64.6 Å². The first-order chi connectivity index (χ1) is 12.0. The third kappa shape index (κ3) is 5.99. The van der Waals surface area contributed by atoms with Crippen molar-refractivity contribution in [2.75, 3.05) is 13.7 Å². The Morgan fingerprint density at radius 1 is 1.16 bits per heavy atom. The summed E-state index contributed by atoms with van der Waals surface area (Å²) in [7, 11) is 1.59. The van der Waals surface area contributed by atoms with E-state index >= 15 is 0 Å². The van der Waals surface area contributed by atoms with Crippen LogP contribution in [0.4, 0.5) is 0 Å². The Morgan fingerprint density at radius 3 is 2.56 bits per heavy atom. The number of hydrogen-bond acceptors (Lipinski definition) is 4. The highest BCUT2D eigenvalue weighted by molar-refractivity contribution is 9.10. The number of nitrogens with one attached hydrogen (secondary N) is 1. The third-order valence-electron chi connectivity index (χ3n) is 3.56. The van der Waals surface area contributed by atoms with Crippen LogP contribution in [0.25, 0.3) is 0 Å². The van der Waals surface area contributed by atoms with Crippen molar-refractivity contribution in [3.05, 3.63) is 69.7 Å². The first kappa shape index (κ1) is 19.1. The van der Waals surface area contributed by atoms with E-state index in [0.717, 1.165) is 15.6 Å². The smallest absolute Gasteiger partial charge is 0.338 e. The Hall–Kier alpha value is -2.18. The summed E-state index contributed by atoms with van der Waals surface area (Å²) >= 11 is 3.37. The zero-order valence-electron chi connectivity index (χ0n) is 14.1. The number of halogens is 1. The molecule has 5 nitrogen and oxygen atoms in total. The van der Waals surface area contributed by atoms with E-state index in [1.165, 1.54) is 0 Å². The molecule has 132 valence electrons. The second-order valence-corrected chi connectivity index (χ2v) is 6.47. The first-order valence-electron chi connectivity index (χ1n) is 7.79. The molecule has 2 aromatic carbocycles. The van der Waals surface area contributed by atoms with Crippen LogP contribution in [-0.2, 0) is 20.9 Å². The van der Waals surface area contributed by atoms with E-state index in [-0.39, 0.29) is 18.6 Å². The molecule has 0 bridgehead atoms. The summed E-state index contributed by atoms with van der Waals surface area (Å²) in [6.07, 6.45) is 0. The number of rotatable bonds is 7. The monoisotopic (exact) mass is 405 g/mol. The summed E-state index contributed by atoms with van der Waals surface area (Å²) in [6, 6.07) is 14.4. The number of carbonyl (C=O) groups excluding carboxylic acids is 2. The molecule has 1 atom stereocenters. The molecule has 0 aliphatic rings. The lowest BCUT2D eigenvalue weighted by Gasteiger charge is -2.14. The van der Waals surface area contributed by atoms with Gasteiger partial charge in [0.05, 0.1) is 18.2 Å². The van der Waals surface area contributed by atoms with Gasteiger partial charge in [0.2, 0.25) is 0 Å². The Kier molecular flexibility index (Phi) is 7.16. The van der Waals surface area contributed by atoms with Crippen LogP contribution in [0, 0.1) is 0 Å². The van der Waals surface area contributed by atoms with Crippen LogP contribution in [0.15, 0.2) is 53.0 Å². The number of carbonyl (C=O) groups is 2. The van der Waals surface area contributed by atoms with Gasteiger partial charge in [-0.3, -0.25) is 4.79 Å². The van der Waals surface area contributed by atoms with E-state index in [9.17, 15) is 9.59 Å². The lowest BCUT2D eigenvalue weighted by atomic mass is 10.1. The zero-order chi connectivity index (χ0) is 18.2. The Bertz CT molecular complexity index is 730.